The van der Waals surface area contributed by atoms with Crippen LogP contribution in [0.4, 0.5) is 4.39 Å². The minimum absolute atomic E-state index is 0.148. The molecule has 2 aromatic carbocycles. The van der Waals surface area contributed by atoms with Crippen molar-refractivity contribution in [3.8, 4) is 16.9 Å². The maximum absolute atomic E-state index is 14.0. The molecular weight excluding hydrogens is 339 g/mol. The number of rotatable bonds is 5. The molecule has 134 valence electrons. The Bertz CT molecular complexity index is 1020. The van der Waals surface area contributed by atoms with Gasteiger partial charge in [-0.1, -0.05) is 18.2 Å². The summed E-state index contributed by atoms with van der Waals surface area (Å²) in [5.74, 6) is -0.569. The fraction of sp³-hybridized carbons (Fsp3) is 0.200. The summed E-state index contributed by atoms with van der Waals surface area (Å²) in [6.07, 6.45) is 1.24. The lowest BCUT2D eigenvalue weighted by atomic mass is 10.0. The van der Waals surface area contributed by atoms with E-state index in [-0.39, 0.29) is 29.8 Å². The third-order valence-corrected chi connectivity index (χ3v) is 3.95. The standard InChI is InChI=1S/C20H17FO5/c1-3-24-18(22)11-25-17-9-8-14-19(23)15(10-26-20(14)12(17)2)13-6-4-5-7-16(13)21/h4-10H,3,11H2,1-2H3. The summed E-state index contributed by atoms with van der Waals surface area (Å²) < 4.78 is 29.8. The number of carbonyl (C=O) groups excluding carboxylic acids is 1. The quantitative estimate of drug-likeness (QED) is 0.650. The van der Waals surface area contributed by atoms with E-state index in [0.717, 1.165) is 0 Å². The highest BCUT2D eigenvalue weighted by atomic mass is 19.1. The van der Waals surface area contributed by atoms with Crippen LogP contribution in [-0.4, -0.2) is 19.2 Å². The number of hydrogen-bond donors (Lipinski definition) is 0. The number of benzene rings is 2. The first-order valence-corrected chi connectivity index (χ1v) is 8.11. The molecule has 1 aromatic heterocycles. The molecule has 0 N–H and O–H groups in total. The van der Waals surface area contributed by atoms with E-state index in [1.54, 1.807) is 38.1 Å². The number of ether oxygens (including phenoxy) is 2. The van der Waals surface area contributed by atoms with E-state index in [4.69, 9.17) is 13.9 Å². The number of halogens is 1. The summed E-state index contributed by atoms with van der Waals surface area (Å²) >= 11 is 0. The van der Waals surface area contributed by atoms with E-state index < -0.39 is 11.8 Å². The van der Waals surface area contributed by atoms with Crippen LogP contribution in [0.15, 0.2) is 51.9 Å². The Morgan fingerprint density at radius 1 is 1.15 bits per heavy atom. The van der Waals surface area contributed by atoms with E-state index in [0.29, 0.717) is 22.3 Å². The molecule has 0 aliphatic rings. The zero-order chi connectivity index (χ0) is 18.7. The number of aryl methyl sites for hydroxylation is 1. The third kappa shape index (κ3) is 3.31. The molecule has 5 nitrogen and oxygen atoms in total. The molecule has 0 bridgehead atoms. The van der Waals surface area contributed by atoms with Gasteiger partial charge in [0.15, 0.2) is 6.61 Å². The van der Waals surface area contributed by atoms with Crippen molar-refractivity contribution >= 4 is 16.9 Å². The lowest BCUT2D eigenvalue weighted by Gasteiger charge is -2.11. The van der Waals surface area contributed by atoms with Crippen LogP contribution in [0.25, 0.3) is 22.1 Å². The molecule has 3 aromatic rings. The molecule has 0 radical (unpaired) electrons. The maximum Gasteiger partial charge on any atom is 0.344 e. The van der Waals surface area contributed by atoms with Crippen molar-refractivity contribution in [1.29, 1.82) is 0 Å². The van der Waals surface area contributed by atoms with Crippen molar-refractivity contribution in [2.45, 2.75) is 13.8 Å². The van der Waals surface area contributed by atoms with Gasteiger partial charge >= 0.3 is 5.97 Å². The minimum Gasteiger partial charge on any atom is -0.481 e. The second kappa shape index (κ2) is 7.39. The molecule has 0 saturated carbocycles. The smallest absolute Gasteiger partial charge is 0.344 e. The van der Waals surface area contributed by atoms with Gasteiger partial charge in [-0.15, -0.1) is 0 Å². The van der Waals surface area contributed by atoms with Gasteiger partial charge in [-0.25, -0.2) is 9.18 Å². The van der Waals surface area contributed by atoms with Gasteiger partial charge < -0.3 is 13.9 Å². The van der Waals surface area contributed by atoms with Crippen LogP contribution in [0.3, 0.4) is 0 Å². The predicted molar refractivity (Wildman–Crippen MR) is 94.7 cm³/mol. The summed E-state index contributed by atoms with van der Waals surface area (Å²) in [5, 5.41) is 0.312. The Labute approximate surface area is 149 Å². The minimum atomic E-state index is -0.495. The zero-order valence-corrected chi connectivity index (χ0v) is 14.4. The lowest BCUT2D eigenvalue weighted by Crippen LogP contribution is -2.15. The van der Waals surface area contributed by atoms with Crippen LogP contribution >= 0.6 is 0 Å². The third-order valence-electron chi connectivity index (χ3n) is 3.95. The molecule has 0 amide bonds. The maximum atomic E-state index is 14.0. The molecule has 0 saturated heterocycles. The Morgan fingerprint density at radius 2 is 1.92 bits per heavy atom. The Balaban J connectivity index is 2.01. The lowest BCUT2D eigenvalue weighted by molar-refractivity contribution is -0.145. The average Bonchev–Trinajstić information content (AvgIpc) is 2.63. The van der Waals surface area contributed by atoms with Crippen LogP contribution in [0.1, 0.15) is 12.5 Å². The molecule has 0 atom stereocenters. The second-order valence-corrected chi connectivity index (χ2v) is 5.62. The van der Waals surface area contributed by atoms with Crippen LogP contribution < -0.4 is 10.2 Å². The van der Waals surface area contributed by atoms with Crippen LogP contribution in [0.2, 0.25) is 0 Å². The van der Waals surface area contributed by atoms with Gasteiger partial charge in [0.1, 0.15) is 23.4 Å². The molecular formula is C20H17FO5. The first-order valence-electron chi connectivity index (χ1n) is 8.11. The number of hydrogen-bond acceptors (Lipinski definition) is 5. The fourth-order valence-electron chi connectivity index (χ4n) is 2.68. The molecule has 0 aliphatic heterocycles. The van der Waals surface area contributed by atoms with E-state index in [9.17, 15) is 14.0 Å². The molecule has 3 rings (SSSR count). The summed E-state index contributed by atoms with van der Waals surface area (Å²) in [6.45, 7) is 3.46. The van der Waals surface area contributed by atoms with Gasteiger partial charge in [-0.05, 0) is 32.0 Å². The molecule has 1 heterocycles. The average molecular weight is 356 g/mol. The number of fused-ring (bicyclic) bond motifs is 1. The van der Waals surface area contributed by atoms with Gasteiger partial charge in [0.25, 0.3) is 0 Å². The number of carbonyl (C=O) groups is 1. The molecule has 26 heavy (non-hydrogen) atoms. The highest BCUT2D eigenvalue weighted by molar-refractivity contribution is 5.85. The largest absolute Gasteiger partial charge is 0.481 e. The fourth-order valence-corrected chi connectivity index (χ4v) is 2.68. The van der Waals surface area contributed by atoms with Crippen LogP contribution in [0, 0.1) is 12.7 Å². The van der Waals surface area contributed by atoms with Gasteiger partial charge in [0.2, 0.25) is 5.43 Å². The van der Waals surface area contributed by atoms with Crippen molar-refractivity contribution in [2.24, 2.45) is 0 Å². The normalized spacial score (nSPS) is 10.7. The Hall–Kier alpha value is -3.15. The Kier molecular flexibility index (Phi) is 5.02. The molecule has 0 unspecified atom stereocenters. The molecule has 0 fully saturated rings. The Morgan fingerprint density at radius 3 is 2.65 bits per heavy atom. The summed E-state index contributed by atoms with van der Waals surface area (Å²) in [7, 11) is 0. The van der Waals surface area contributed by atoms with E-state index in [1.165, 1.54) is 18.4 Å². The van der Waals surface area contributed by atoms with Crippen LogP contribution in [0.5, 0.6) is 5.75 Å². The summed E-state index contributed by atoms with van der Waals surface area (Å²) in [5.41, 5.74) is 0.899. The second-order valence-electron chi connectivity index (χ2n) is 5.62. The first-order chi connectivity index (χ1) is 12.5. The monoisotopic (exact) mass is 356 g/mol. The van der Waals surface area contributed by atoms with E-state index in [1.807, 2.05) is 0 Å². The van der Waals surface area contributed by atoms with Crippen LogP contribution in [-0.2, 0) is 9.53 Å². The van der Waals surface area contributed by atoms with Crippen molar-refractivity contribution in [3.63, 3.8) is 0 Å². The van der Waals surface area contributed by atoms with Gasteiger partial charge in [-0.3, -0.25) is 4.79 Å². The van der Waals surface area contributed by atoms with E-state index >= 15 is 0 Å². The van der Waals surface area contributed by atoms with Gasteiger partial charge in [0, 0.05) is 11.1 Å². The van der Waals surface area contributed by atoms with Crippen molar-refractivity contribution < 1.29 is 23.1 Å². The molecule has 6 heteroatoms. The zero-order valence-electron chi connectivity index (χ0n) is 14.4. The van der Waals surface area contributed by atoms with Crippen molar-refractivity contribution in [3.05, 3.63) is 64.3 Å². The van der Waals surface area contributed by atoms with Gasteiger partial charge in [-0.2, -0.15) is 0 Å². The number of esters is 1. The molecule has 0 aliphatic carbocycles. The van der Waals surface area contributed by atoms with Gasteiger partial charge in [0.05, 0.1) is 17.6 Å². The molecule has 0 spiro atoms. The summed E-state index contributed by atoms with van der Waals surface area (Å²) in [6, 6.07) is 9.14. The first kappa shape index (κ1) is 17.7. The van der Waals surface area contributed by atoms with Crippen molar-refractivity contribution in [2.75, 3.05) is 13.2 Å². The highest BCUT2D eigenvalue weighted by Crippen LogP contribution is 2.28. The predicted octanol–water partition coefficient (Wildman–Crippen LogP) is 3.85. The van der Waals surface area contributed by atoms with Crippen molar-refractivity contribution in [1.82, 2.24) is 0 Å². The highest BCUT2D eigenvalue weighted by Gasteiger charge is 2.16. The SMILES string of the molecule is CCOC(=O)COc1ccc2c(=O)c(-c3ccccc3F)coc2c1C. The summed E-state index contributed by atoms with van der Waals surface area (Å²) in [4.78, 5) is 24.2. The topological polar surface area (TPSA) is 65.7 Å². The van der Waals surface area contributed by atoms with E-state index in [2.05, 4.69) is 0 Å².